The lowest BCUT2D eigenvalue weighted by atomic mass is 9.90. The molecule has 0 saturated carbocycles. The lowest BCUT2D eigenvalue weighted by Gasteiger charge is -2.14. The number of benzene rings is 16. The normalized spacial score (nSPS) is 12.0. The van der Waals surface area contributed by atoms with Crippen LogP contribution in [0.25, 0.3) is 249 Å². The van der Waals surface area contributed by atoms with Crippen LogP contribution >= 0.6 is 45.3 Å². The second-order valence-corrected chi connectivity index (χ2v) is 33.4. The van der Waals surface area contributed by atoms with Crippen LogP contribution in [0.2, 0.25) is 0 Å². The molecule has 0 unspecified atom stereocenters. The SMILES string of the molecule is c1ccc(-c2nc(-c3ccccc3)nc(-c3ccc4c(c3)oc3ccc(-c5cc(-c6ccc(-c7cccc(-c8nc(-c9ccccc9)nc(-c9ccc%10c(c9)oc9ccc(-c%11cc(-c%12ccc%13sc%14ccccc%14c%13c%12)c%12sc%13ccccc%13c%12c%11)cc9%10)n8)c7)c7sc8ccccc8c67)c6c(c5)sc5ccccc56)cc34)n2)cc1. The van der Waals surface area contributed by atoms with Crippen molar-refractivity contribution in [2.75, 3.05) is 0 Å². The maximum atomic E-state index is 6.82. The Morgan fingerprint density at radius 2 is 0.553 bits per heavy atom. The second kappa shape index (κ2) is 25.8. The molecule has 0 spiro atoms. The fraction of sp³-hybridized carbons (Fsp3) is 0. The standard InChI is InChI=1S/C102H56N6O2S4/c1-4-19-57(20-5-1)97-103-98(58-21-6-2-7-22-58)106-101(105-97)65-35-40-71-79-49-61(38-45-84(79)110-85(71)54-65)68-52-81(93-75-29-12-16-33-89(75)112-92(93)56-68)74-43-42-69(96-94(74)76-30-13-17-34-90(76)114-96)62-25-18-26-64(47-62)100-104-99(59-23-8-3-9-24-59)107-102(108-100)66-36-41-70-78-48-60(37-44-83(78)109-86(70)55-66)67-51-77(95-82(53-67)73-28-11-15-32-88(73)113-95)63-39-46-91-80(50-63)72-27-10-14-31-87(72)111-91/h1-56H. The first kappa shape index (κ1) is 64.8. The third-order valence-electron chi connectivity index (χ3n) is 22.4. The van der Waals surface area contributed by atoms with Crippen molar-refractivity contribution in [3.63, 3.8) is 0 Å². The van der Waals surface area contributed by atoms with E-state index >= 15 is 0 Å². The Labute approximate surface area is 667 Å². The van der Waals surface area contributed by atoms with Crippen molar-refractivity contribution in [3.05, 3.63) is 340 Å². The molecule has 0 bridgehead atoms. The number of furan rings is 2. The predicted octanol–water partition coefficient (Wildman–Crippen LogP) is 29.7. The fourth-order valence-electron chi connectivity index (χ4n) is 16.9. The zero-order valence-electron chi connectivity index (χ0n) is 60.5. The average Bonchev–Trinajstić information content (AvgIpc) is 1.55. The predicted molar refractivity (Wildman–Crippen MR) is 479 cm³/mol. The minimum absolute atomic E-state index is 0.551. The first-order chi connectivity index (χ1) is 56.4. The number of hydrogen-bond acceptors (Lipinski definition) is 12. The van der Waals surface area contributed by atoms with Gasteiger partial charge in [-0.2, -0.15) is 0 Å². The van der Waals surface area contributed by atoms with Gasteiger partial charge in [-0.3, -0.25) is 0 Å². The van der Waals surface area contributed by atoms with Gasteiger partial charge < -0.3 is 8.83 Å². The van der Waals surface area contributed by atoms with Crippen molar-refractivity contribution in [2.45, 2.75) is 0 Å². The highest BCUT2D eigenvalue weighted by molar-refractivity contribution is 7.27. The molecular formula is C102H56N6O2S4. The summed E-state index contributed by atoms with van der Waals surface area (Å²) < 4.78 is 23.6. The van der Waals surface area contributed by atoms with Crippen LogP contribution in [0.1, 0.15) is 0 Å². The van der Waals surface area contributed by atoms with Gasteiger partial charge in [-0.1, -0.05) is 224 Å². The van der Waals surface area contributed by atoms with Crippen molar-refractivity contribution in [1.29, 1.82) is 0 Å². The van der Waals surface area contributed by atoms with E-state index in [1.54, 1.807) is 0 Å². The molecule has 8 heterocycles. The van der Waals surface area contributed by atoms with E-state index in [9.17, 15) is 0 Å². The van der Waals surface area contributed by atoms with Crippen LogP contribution in [0, 0.1) is 0 Å². The number of nitrogens with zero attached hydrogens (tertiary/aromatic N) is 6. The number of fused-ring (bicyclic) bond motifs is 18. The highest BCUT2D eigenvalue weighted by Crippen LogP contribution is 2.52. The first-order valence-corrected chi connectivity index (χ1v) is 41.2. The quantitative estimate of drug-likeness (QED) is 0.126. The van der Waals surface area contributed by atoms with Crippen molar-refractivity contribution >= 4 is 170 Å². The van der Waals surface area contributed by atoms with E-state index in [0.29, 0.717) is 34.9 Å². The Bertz CT molecular complexity index is 8080. The largest absolute Gasteiger partial charge is 0.456 e. The molecule has 0 atom stereocenters. The van der Waals surface area contributed by atoms with Crippen molar-refractivity contribution in [3.8, 4) is 124 Å². The molecule has 0 aliphatic heterocycles. The van der Waals surface area contributed by atoms with E-state index in [1.165, 1.54) is 103 Å². The van der Waals surface area contributed by atoms with Gasteiger partial charge in [-0.25, -0.2) is 29.9 Å². The van der Waals surface area contributed by atoms with Crippen LogP contribution in [0.5, 0.6) is 0 Å². The Kier molecular flexibility index (Phi) is 14.7. The molecule has 0 radical (unpaired) electrons. The van der Waals surface area contributed by atoms with E-state index in [0.717, 1.165) is 111 Å². The Morgan fingerprint density at radius 3 is 1.14 bits per heavy atom. The number of aromatic nitrogens is 6. The molecule has 24 aromatic rings. The fourth-order valence-corrected chi connectivity index (χ4v) is 21.7. The third kappa shape index (κ3) is 10.7. The van der Waals surface area contributed by atoms with Crippen LogP contribution in [-0.4, -0.2) is 29.9 Å². The topological polar surface area (TPSA) is 104 Å². The smallest absolute Gasteiger partial charge is 0.164 e. The maximum Gasteiger partial charge on any atom is 0.164 e. The summed E-state index contributed by atoms with van der Waals surface area (Å²) in [6, 6.07) is 121. The van der Waals surface area contributed by atoms with Gasteiger partial charge >= 0.3 is 0 Å². The summed E-state index contributed by atoms with van der Waals surface area (Å²) in [5.41, 5.74) is 19.9. The van der Waals surface area contributed by atoms with Crippen LogP contribution in [0.4, 0.5) is 0 Å². The Hall–Kier alpha value is -14.0. The minimum Gasteiger partial charge on any atom is -0.456 e. The monoisotopic (exact) mass is 1520 g/mol. The van der Waals surface area contributed by atoms with Gasteiger partial charge in [0.1, 0.15) is 22.3 Å². The molecule has 0 amide bonds. The zero-order valence-corrected chi connectivity index (χ0v) is 63.7. The van der Waals surface area contributed by atoms with E-state index < -0.39 is 0 Å². The molecule has 114 heavy (non-hydrogen) atoms. The van der Waals surface area contributed by atoms with Crippen molar-refractivity contribution in [1.82, 2.24) is 29.9 Å². The summed E-state index contributed by atoms with van der Waals surface area (Å²) in [6.45, 7) is 0. The zero-order chi connectivity index (χ0) is 74.6. The van der Waals surface area contributed by atoms with E-state index in [-0.39, 0.29) is 0 Å². The molecule has 0 saturated heterocycles. The molecule has 530 valence electrons. The summed E-state index contributed by atoms with van der Waals surface area (Å²) in [4.78, 5) is 31.0. The third-order valence-corrected chi connectivity index (χ3v) is 27.1. The van der Waals surface area contributed by atoms with Crippen LogP contribution in [-0.2, 0) is 0 Å². The molecule has 0 aliphatic rings. The van der Waals surface area contributed by atoms with Gasteiger partial charge in [-0.05, 0) is 165 Å². The van der Waals surface area contributed by atoms with Gasteiger partial charge in [0.15, 0.2) is 34.9 Å². The molecule has 12 heteroatoms. The van der Waals surface area contributed by atoms with Gasteiger partial charge in [0, 0.05) is 141 Å². The van der Waals surface area contributed by atoms with Crippen LogP contribution in [0.3, 0.4) is 0 Å². The van der Waals surface area contributed by atoms with Crippen LogP contribution in [0.15, 0.2) is 349 Å². The number of rotatable bonds is 11. The lowest BCUT2D eigenvalue weighted by Crippen LogP contribution is -2.00. The van der Waals surface area contributed by atoms with Crippen molar-refractivity contribution in [2.24, 2.45) is 0 Å². The highest BCUT2D eigenvalue weighted by atomic mass is 32.1. The summed E-state index contributed by atoms with van der Waals surface area (Å²) in [5, 5.41) is 14.1. The molecule has 0 fully saturated rings. The van der Waals surface area contributed by atoms with E-state index in [4.69, 9.17) is 38.7 Å². The van der Waals surface area contributed by atoms with Crippen LogP contribution < -0.4 is 0 Å². The highest BCUT2D eigenvalue weighted by Gasteiger charge is 2.25. The molecule has 8 aromatic heterocycles. The lowest BCUT2D eigenvalue weighted by molar-refractivity contribution is 0.668. The molecule has 0 aliphatic carbocycles. The average molecular weight is 1530 g/mol. The Balaban J connectivity index is 0.596. The maximum absolute atomic E-state index is 6.82. The molecule has 16 aromatic carbocycles. The van der Waals surface area contributed by atoms with Gasteiger partial charge in [-0.15, -0.1) is 45.3 Å². The van der Waals surface area contributed by atoms with Gasteiger partial charge in [0.2, 0.25) is 0 Å². The van der Waals surface area contributed by atoms with Gasteiger partial charge in [0.05, 0.1) is 0 Å². The molecular weight excluding hydrogens is 1470 g/mol. The van der Waals surface area contributed by atoms with E-state index in [2.05, 4.69) is 261 Å². The summed E-state index contributed by atoms with van der Waals surface area (Å²) in [7, 11) is 0. The molecule has 24 rings (SSSR count). The number of thiophene rings is 4. The van der Waals surface area contributed by atoms with Gasteiger partial charge in [0.25, 0.3) is 0 Å². The molecule has 8 nitrogen and oxygen atoms in total. The summed E-state index contributed by atoms with van der Waals surface area (Å²) in [5.74, 6) is 3.50. The second-order valence-electron chi connectivity index (χ2n) is 29.1. The molecule has 0 N–H and O–H groups in total. The summed E-state index contributed by atoms with van der Waals surface area (Å²) >= 11 is 7.41. The number of hydrogen-bond donors (Lipinski definition) is 0. The van der Waals surface area contributed by atoms with Crippen molar-refractivity contribution < 1.29 is 8.83 Å². The minimum atomic E-state index is 0.551. The first-order valence-electron chi connectivity index (χ1n) is 37.9. The Morgan fingerprint density at radius 1 is 0.167 bits per heavy atom. The summed E-state index contributed by atoms with van der Waals surface area (Å²) in [6.07, 6.45) is 0. The van der Waals surface area contributed by atoms with E-state index in [1.807, 2.05) is 124 Å².